The highest BCUT2D eigenvalue weighted by Gasteiger charge is 2.34. The maximum absolute atomic E-state index is 12.9. The van der Waals surface area contributed by atoms with Gasteiger partial charge in [-0.15, -0.1) is 0 Å². The Balaban J connectivity index is 2.25. The number of anilines is 1. The van der Waals surface area contributed by atoms with Crippen LogP contribution in [0.1, 0.15) is 37.7 Å². The smallest absolute Gasteiger partial charge is 0.381 e. The predicted octanol–water partition coefficient (Wildman–Crippen LogP) is 5.10. The van der Waals surface area contributed by atoms with E-state index < -0.39 is 11.7 Å². The normalized spacial score (nSPS) is 17.8. The molecule has 0 unspecified atom stereocenters. The first-order valence-electron chi connectivity index (χ1n) is 6.11. The summed E-state index contributed by atoms with van der Waals surface area (Å²) in [6, 6.07) is 3.98. The van der Waals surface area contributed by atoms with E-state index in [9.17, 15) is 13.2 Å². The Morgan fingerprint density at radius 3 is 2.39 bits per heavy atom. The van der Waals surface area contributed by atoms with Gasteiger partial charge >= 0.3 is 6.18 Å². The van der Waals surface area contributed by atoms with Gasteiger partial charge in [-0.2, -0.15) is 13.2 Å². The van der Waals surface area contributed by atoms with Gasteiger partial charge in [-0.3, -0.25) is 0 Å². The van der Waals surface area contributed by atoms with E-state index in [0.717, 1.165) is 38.2 Å². The molecular formula is C13H15ClF3N. The zero-order chi connectivity index (χ0) is 13.2. The van der Waals surface area contributed by atoms with Gasteiger partial charge in [0.15, 0.2) is 0 Å². The average molecular weight is 278 g/mol. The molecule has 0 heterocycles. The van der Waals surface area contributed by atoms with Gasteiger partial charge < -0.3 is 5.32 Å². The van der Waals surface area contributed by atoms with Crippen LogP contribution in [0.15, 0.2) is 18.2 Å². The van der Waals surface area contributed by atoms with Crippen LogP contribution in [0.2, 0.25) is 5.02 Å². The topological polar surface area (TPSA) is 12.0 Å². The summed E-state index contributed by atoms with van der Waals surface area (Å²) in [5, 5.41) is 3.11. The maximum Gasteiger partial charge on any atom is 0.418 e. The monoisotopic (exact) mass is 277 g/mol. The molecule has 1 saturated carbocycles. The lowest BCUT2D eigenvalue weighted by molar-refractivity contribution is -0.137. The highest BCUT2D eigenvalue weighted by atomic mass is 35.5. The number of para-hydroxylation sites is 1. The molecule has 1 aromatic carbocycles. The fourth-order valence-electron chi connectivity index (χ4n) is 2.36. The Hall–Kier alpha value is -0.900. The number of hydrogen-bond donors (Lipinski definition) is 1. The van der Waals surface area contributed by atoms with Gasteiger partial charge in [0.25, 0.3) is 0 Å². The van der Waals surface area contributed by atoms with Crippen molar-refractivity contribution >= 4 is 17.3 Å². The van der Waals surface area contributed by atoms with E-state index >= 15 is 0 Å². The van der Waals surface area contributed by atoms with Crippen LogP contribution in [-0.2, 0) is 6.18 Å². The highest BCUT2D eigenvalue weighted by molar-refractivity contribution is 6.33. The molecule has 0 aromatic heterocycles. The SMILES string of the molecule is FC(F)(F)c1cccc(Cl)c1NC1CCCCC1. The summed E-state index contributed by atoms with van der Waals surface area (Å²) in [6.45, 7) is 0. The van der Waals surface area contributed by atoms with Gasteiger partial charge in [0.2, 0.25) is 0 Å². The van der Waals surface area contributed by atoms with Gasteiger partial charge in [0, 0.05) is 6.04 Å². The van der Waals surface area contributed by atoms with Crippen molar-refractivity contribution < 1.29 is 13.2 Å². The van der Waals surface area contributed by atoms with Crippen LogP contribution in [0, 0.1) is 0 Å². The summed E-state index contributed by atoms with van der Waals surface area (Å²) in [6.07, 6.45) is 0.715. The zero-order valence-electron chi connectivity index (χ0n) is 9.86. The molecule has 0 bridgehead atoms. The molecule has 0 aliphatic heterocycles. The molecule has 18 heavy (non-hydrogen) atoms. The highest BCUT2D eigenvalue weighted by Crippen LogP contribution is 2.39. The third kappa shape index (κ3) is 3.10. The minimum Gasteiger partial charge on any atom is -0.381 e. The van der Waals surface area contributed by atoms with E-state index in [0.29, 0.717) is 0 Å². The maximum atomic E-state index is 12.9. The molecule has 1 aliphatic rings. The lowest BCUT2D eigenvalue weighted by atomic mass is 9.95. The van der Waals surface area contributed by atoms with Gasteiger partial charge in [-0.05, 0) is 25.0 Å². The zero-order valence-corrected chi connectivity index (χ0v) is 10.6. The Labute approximate surface area is 109 Å². The number of rotatable bonds is 2. The van der Waals surface area contributed by atoms with Crippen molar-refractivity contribution in [2.75, 3.05) is 5.32 Å². The summed E-state index contributed by atoms with van der Waals surface area (Å²) in [5.41, 5.74) is -0.654. The van der Waals surface area contributed by atoms with Crippen LogP contribution < -0.4 is 5.32 Å². The van der Waals surface area contributed by atoms with E-state index in [4.69, 9.17) is 11.6 Å². The molecular weight excluding hydrogens is 263 g/mol. The quantitative estimate of drug-likeness (QED) is 0.793. The number of nitrogens with one attached hydrogen (secondary N) is 1. The third-order valence-corrected chi connectivity index (χ3v) is 3.59. The number of alkyl halides is 3. The lowest BCUT2D eigenvalue weighted by Gasteiger charge is -2.26. The van der Waals surface area contributed by atoms with Crippen LogP contribution >= 0.6 is 11.6 Å². The molecule has 2 rings (SSSR count). The Morgan fingerprint density at radius 2 is 1.78 bits per heavy atom. The minimum absolute atomic E-state index is 0.0265. The largest absolute Gasteiger partial charge is 0.418 e. The number of benzene rings is 1. The lowest BCUT2D eigenvalue weighted by Crippen LogP contribution is -2.24. The van der Waals surface area contributed by atoms with Gasteiger partial charge in [0.05, 0.1) is 16.3 Å². The Morgan fingerprint density at radius 1 is 1.11 bits per heavy atom. The summed E-state index contributed by atoms with van der Waals surface area (Å²) >= 11 is 5.89. The molecule has 0 radical (unpaired) electrons. The average Bonchev–Trinajstić information content (AvgIpc) is 2.32. The summed E-state index contributed by atoms with van der Waals surface area (Å²) in [7, 11) is 0. The first-order chi connectivity index (χ1) is 8.48. The van der Waals surface area contributed by atoms with E-state index in [1.807, 2.05) is 0 Å². The second kappa shape index (κ2) is 5.39. The molecule has 1 aromatic rings. The minimum atomic E-state index is -4.37. The molecule has 1 N–H and O–H groups in total. The fraction of sp³-hybridized carbons (Fsp3) is 0.538. The second-order valence-corrected chi connectivity index (χ2v) is 5.05. The molecule has 0 amide bonds. The number of hydrogen-bond acceptors (Lipinski definition) is 1. The number of halogens is 4. The van der Waals surface area contributed by atoms with Crippen molar-refractivity contribution in [2.45, 2.75) is 44.3 Å². The Bertz CT molecular complexity index is 411. The molecule has 0 atom stereocenters. The molecule has 1 nitrogen and oxygen atoms in total. The van der Waals surface area contributed by atoms with Crippen LogP contribution in [0.5, 0.6) is 0 Å². The van der Waals surface area contributed by atoms with E-state index in [1.54, 1.807) is 0 Å². The summed E-state index contributed by atoms with van der Waals surface area (Å²) < 4.78 is 38.7. The molecule has 100 valence electrons. The fourth-order valence-corrected chi connectivity index (χ4v) is 2.59. The van der Waals surface area contributed by atoms with Crippen LogP contribution in [0.3, 0.4) is 0 Å². The van der Waals surface area contributed by atoms with Crippen molar-refractivity contribution in [3.05, 3.63) is 28.8 Å². The van der Waals surface area contributed by atoms with E-state index in [-0.39, 0.29) is 16.8 Å². The van der Waals surface area contributed by atoms with Gasteiger partial charge in [-0.1, -0.05) is 36.9 Å². The molecule has 1 fully saturated rings. The van der Waals surface area contributed by atoms with Crippen molar-refractivity contribution in [3.8, 4) is 0 Å². The first-order valence-corrected chi connectivity index (χ1v) is 6.48. The van der Waals surface area contributed by atoms with Crippen LogP contribution in [0.25, 0.3) is 0 Å². The van der Waals surface area contributed by atoms with Crippen molar-refractivity contribution in [1.29, 1.82) is 0 Å². The third-order valence-electron chi connectivity index (χ3n) is 3.27. The molecule has 0 saturated heterocycles. The van der Waals surface area contributed by atoms with Crippen molar-refractivity contribution in [3.63, 3.8) is 0 Å². The Kier molecular flexibility index (Phi) is 4.05. The first kappa shape index (κ1) is 13.5. The summed E-state index contributed by atoms with van der Waals surface area (Å²) in [5.74, 6) is 0. The summed E-state index contributed by atoms with van der Waals surface area (Å²) in [4.78, 5) is 0. The molecule has 5 heteroatoms. The predicted molar refractivity (Wildman–Crippen MR) is 66.9 cm³/mol. The second-order valence-electron chi connectivity index (χ2n) is 4.64. The van der Waals surface area contributed by atoms with Crippen molar-refractivity contribution in [1.82, 2.24) is 0 Å². The van der Waals surface area contributed by atoms with Crippen LogP contribution in [-0.4, -0.2) is 6.04 Å². The van der Waals surface area contributed by atoms with Crippen LogP contribution in [0.4, 0.5) is 18.9 Å². The van der Waals surface area contributed by atoms with E-state index in [1.165, 1.54) is 12.1 Å². The van der Waals surface area contributed by atoms with Gasteiger partial charge in [0.1, 0.15) is 0 Å². The molecule has 1 aliphatic carbocycles. The van der Waals surface area contributed by atoms with E-state index in [2.05, 4.69) is 5.32 Å². The van der Waals surface area contributed by atoms with Crippen molar-refractivity contribution in [2.24, 2.45) is 0 Å². The molecule has 0 spiro atoms. The van der Waals surface area contributed by atoms with Gasteiger partial charge in [-0.25, -0.2) is 0 Å². The standard InChI is InChI=1S/C13H15ClF3N/c14-11-8-4-7-10(13(15,16)17)12(11)18-9-5-2-1-3-6-9/h4,7-9,18H,1-3,5-6H2.